The summed E-state index contributed by atoms with van der Waals surface area (Å²) < 4.78 is 2.22. The van der Waals surface area contributed by atoms with E-state index < -0.39 is 0 Å². The molecule has 0 bridgehead atoms. The van der Waals surface area contributed by atoms with Crippen LogP contribution in [-0.4, -0.2) is 9.67 Å². The van der Waals surface area contributed by atoms with Crippen LogP contribution in [0.1, 0.15) is 37.6 Å². The highest BCUT2D eigenvalue weighted by Gasteiger charge is 2.33. The van der Waals surface area contributed by atoms with Crippen LogP contribution < -0.4 is 0 Å². The minimum atomic E-state index is -0.311. The number of hydrogen-bond acceptors (Lipinski definition) is 2. The topological polar surface area (TPSA) is 25.2 Å². The zero-order chi connectivity index (χ0) is 12.0. The van der Waals surface area contributed by atoms with E-state index in [0.717, 1.165) is 18.4 Å². The van der Waals surface area contributed by atoms with E-state index in [1.807, 2.05) is 0 Å². The Morgan fingerprint density at radius 3 is 2.94 bits per heavy atom. The molecular weight excluding hydrogens is 230 g/mol. The minimum absolute atomic E-state index is 0.179. The number of rotatable bonds is 1. The molecule has 0 spiro atoms. The third-order valence-corrected chi connectivity index (χ3v) is 4.23. The maximum absolute atomic E-state index is 10.2. The lowest BCUT2D eigenvalue weighted by Crippen LogP contribution is -2.26. The summed E-state index contributed by atoms with van der Waals surface area (Å²) in [6.07, 6.45) is 3.65. The molecule has 0 saturated heterocycles. The minimum Gasteiger partial charge on any atom is -0.388 e. The average molecular weight is 247 g/mol. The molecule has 0 fully saturated rings. The second kappa shape index (κ2) is 3.72. The van der Waals surface area contributed by atoms with Crippen LogP contribution >= 0.6 is 11.3 Å². The van der Waals surface area contributed by atoms with Crippen LogP contribution in [0.15, 0.2) is 29.1 Å². The van der Waals surface area contributed by atoms with Gasteiger partial charge < -0.3 is 9.67 Å². The van der Waals surface area contributed by atoms with Gasteiger partial charge >= 0.3 is 0 Å². The maximum Gasteiger partial charge on any atom is 0.0812 e. The Kier molecular flexibility index (Phi) is 2.42. The van der Waals surface area contributed by atoms with Crippen LogP contribution in [0.4, 0.5) is 0 Å². The molecule has 1 aliphatic carbocycles. The fourth-order valence-corrected chi connectivity index (χ4v) is 3.39. The molecule has 2 nitrogen and oxygen atoms in total. The summed E-state index contributed by atoms with van der Waals surface area (Å²) in [5.41, 5.74) is 3.77. The van der Waals surface area contributed by atoms with Gasteiger partial charge in [0.25, 0.3) is 0 Å². The van der Waals surface area contributed by atoms with Crippen molar-refractivity contribution in [3.63, 3.8) is 0 Å². The van der Waals surface area contributed by atoms with Crippen molar-refractivity contribution >= 4 is 11.3 Å². The highest BCUT2D eigenvalue weighted by molar-refractivity contribution is 7.08. The molecule has 1 N–H and O–H groups in total. The van der Waals surface area contributed by atoms with Gasteiger partial charge in [0.1, 0.15) is 0 Å². The summed E-state index contributed by atoms with van der Waals surface area (Å²) >= 11 is 1.71. The summed E-state index contributed by atoms with van der Waals surface area (Å²) in [6, 6.07) is 4.19. The van der Waals surface area contributed by atoms with Crippen LogP contribution in [0.3, 0.4) is 0 Å². The molecule has 2 heterocycles. The average Bonchev–Trinajstić information content (AvgIpc) is 2.82. The molecule has 2 aromatic heterocycles. The summed E-state index contributed by atoms with van der Waals surface area (Å²) in [5, 5.41) is 14.4. The number of fused-ring (bicyclic) bond motifs is 1. The molecule has 1 atom stereocenters. The maximum atomic E-state index is 10.2. The molecule has 0 amide bonds. The van der Waals surface area contributed by atoms with Crippen LogP contribution in [0.2, 0.25) is 0 Å². The van der Waals surface area contributed by atoms with Gasteiger partial charge in [-0.1, -0.05) is 13.8 Å². The number of thiophene rings is 1. The van der Waals surface area contributed by atoms with Crippen molar-refractivity contribution in [2.75, 3.05) is 0 Å². The van der Waals surface area contributed by atoms with Gasteiger partial charge in [-0.25, -0.2) is 0 Å². The second-order valence-electron chi connectivity index (χ2n) is 5.63. The van der Waals surface area contributed by atoms with Crippen LogP contribution in [0.5, 0.6) is 0 Å². The summed E-state index contributed by atoms with van der Waals surface area (Å²) in [5.74, 6) is 0. The highest BCUT2D eigenvalue weighted by Crippen LogP contribution is 2.41. The molecule has 1 aliphatic rings. The smallest absolute Gasteiger partial charge is 0.0812 e. The molecule has 90 valence electrons. The zero-order valence-corrected chi connectivity index (χ0v) is 11.0. The number of nitrogens with zero attached hydrogens (tertiary/aromatic N) is 1. The fraction of sp³-hybridized carbons (Fsp3) is 0.429. The third kappa shape index (κ3) is 1.83. The first kappa shape index (κ1) is 11.1. The van der Waals surface area contributed by atoms with Gasteiger partial charge in [-0.2, -0.15) is 11.3 Å². The molecule has 17 heavy (non-hydrogen) atoms. The van der Waals surface area contributed by atoms with E-state index in [2.05, 4.69) is 47.5 Å². The highest BCUT2D eigenvalue weighted by atomic mass is 32.1. The van der Waals surface area contributed by atoms with E-state index in [-0.39, 0.29) is 11.5 Å². The summed E-state index contributed by atoms with van der Waals surface area (Å²) in [4.78, 5) is 0. The largest absolute Gasteiger partial charge is 0.388 e. The van der Waals surface area contributed by atoms with Crippen molar-refractivity contribution in [2.24, 2.45) is 5.41 Å². The summed E-state index contributed by atoms with van der Waals surface area (Å²) in [6.45, 7) is 4.45. The standard InChI is InChI=1S/C14H17NOS/c1-14(2)7-12-11(13(16)8-14)3-5-15(12)10-4-6-17-9-10/h3-6,9,13,16H,7-8H2,1-2H3. The molecule has 0 saturated carbocycles. The Balaban J connectivity index is 2.11. The van der Waals surface area contributed by atoms with Crippen molar-refractivity contribution < 1.29 is 5.11 Å². The summed E-state index contributed by atoms with van der Waals surface area (Å²) in [7, 11) is 0. The Morgan fingerprint density at radius 1 is 1.41 bits per heavy atom. The van der Waals surface area contributed by atoms with E-state index >= 15 is 0 Å². The Morgan fingerprint density at radius 2 is 2.24 bits per heavy atom. The predicted molar refractivity (Wildman–Crippen MR) is 70.7 cm³/mol. The van der Waals surface area contributed by atoms with E-state index in [1.165, 1.54) is 11.4 Å². The number of aliphatic hydroxyl groups excluding tert-OH is 1. The van der Waals surface area contributed by atoms with Crippen LogP contribution in [-0.2, 0) is 6.42 Å². The number of aliphatic hydroxyl groups is 1. The van der Waals surface area contributed by atoms with Gasteiger partial charge in [-0.15, -0.1) is 0 Å². The van der Waals surface area contributed by atoms with Crippen molar-refractivity contribution in [2.45, 2.75) is 32.8 Å². The molecular formula is C14H17NOS. The normalized spacial score (nSPS) is 22.4. The van der Waals surface area contributed by atoms with Crippen molar-refractivity contribution in [3.8, 4) is 5.69 Å². The van der Waals surface area contributed by atoms with Gasteiger partial charge in [0.05, 0.1) is 11.8 Å². The van der Waals surface area contributed by atoms with E-state index in [0.29, 0.717) is 0 Å². The Labute approximate surface area is 106 Å². The Bertz CT molecular complexity index is 524. The van der Waals surface area contributed by atoms with Crippen molar-refractivity contribution in [3.05, 3.63) is 40.3 Å². The molecule has 0 aliphatic heterocycles. The molecule has 3 heteroatoms. The van der Waals surface area contributed by atoms with Crippen LogP contribution in [0, 0.1) is 5.41 Å². The monoisotopic (exact) mass is 247 g/mol. The lowest BCUT2D eigenvalue weighted by atomic mass is 9.75. The Hall–Kier alpha value is -1.06. The second-order valence-corrected chi connectivity index (χ2v) is 6.41. The number of aromatic nitrogens is 1. The lowest BCUT2D eigenvalue weighted by molar-refractivity contribution is 0.0987. The van der Waals surface area contributed by atoms with E-state index in [9.17, 15) is 5.11 Å². The van der Waals surface area contributed by atoms with Gasteiger partial charge in [-0.05, 0) is 35.8 Å². The first-order valence-electron chi connectivity index (χ1n) is 5.98. The predicted octanol–water partition coefficient (Wildman–Crippen LogP) is 3.54. The van der Waals surface area contributed by atoms with Crippen molar-refractivity contribution in [1.29, 1.82) is 0 Å². The van der Waals surface area contributed by atoms with Crippen LogP contribution in [0.25, 0.3) is 5.69 Å². The zero-order valence-electron chi connectivity index (χ0n) is 10.2. The van der Waals surface area contributed by atoms with E-state index in [1.54, 1.807) is 11.3 Å². The first-order valence-corrected chi connectivity index (χ1v) is 6.92. The van der Waals surface area contributed by atoms with Gasteiger partial charge in [0, 0.05) is 22.8 Å². The molecule has 2 aromatic rings. The molecule has 0 aromatic carbocycles. The van der Waals surface area contributed by atoms with Gasteiger partial charge in [0.2, 0.25) is 0 Å². The molecule has 0 radical (unpaired) electrons. The van der Waals surface area contributed by atoms with Crippen molar-refractivity contribution in [1.82, 2.24) is 4.57 Å². The van der Waals surface area contributed by atoms with E-state index in [4.69, 9.17) is 0 Å². The first-order chi connectivity index (χ1) is 8.07. The fourth-order valence-electron chi connectivity index (χ4n) is 2.77. The third-order valence-electron chi connectivity index (χ3n) is 3.56. The molecule has 3 rings (SSSR count). The van der Waals surface area contributed by atoms with Gasteiger partial charge in [0.15, 0.2) is 0 Å². The lowest BCUT2D eigenvalue weighted by Gasteiger charge is -2.33. The molecule has 1 unspecified atom stereocenters. The van der Waals surface area contributed by atoms with Gasteiger partial charge in [-0.3, -0.25) is 0 Å². The quantitative estimate of drug-likeness (QED) is 0.819. The SMILES string of the molecule is CC1(C)Cc2c(ccn2-c2ccsc2)C(O)C1. The number of hydrogen-bond donors (Lipinski definition) is 1.